The molecule has 0 aliphatic carbocycles. The van der Waals surface area contributed by atoms with E-state index in [0.29, 0.717) is 18.5 Å². The molecule has 1 aromatic heterocycles. The van der Waals surface area contributed by atoms with Crippen molar-refractivity contribution >= 4 is 27.2 Å². The van der Waals surface area contributed by atoms with E-state index in [2.05, 4.69) is 21.3 Å². The predicted octanol–water partition coefficient (Wildman–Crippen LogP) is 2.18. The van der Waals surface area contributed by atoms with Crippen LogP contribution in [0.5, 0.6) is 0 Å². The van der Waals surface area contributed by atoms with Gasteiger partial charge in [-0.1, -0.05) is 0 Å². The molecule has 2 aliphatic rings. The van der Waals surface area contributed by atoms with Crippen LogP contribution in [0.25, 0.3) is 0 Å². The van der Waals surface area contributed by atoms with Crippen molar-refractivity contribution < 1.29 is 17.6 Å². The molecular weight excluding hydrogens is 433 g/mol. The summed E-state index contributed by atoms with van der Waals surface area (Å²) in [5, 5.41) is 11.8. The fourth-order valence-electron chi connectivity index (χ4n) is 4.28. The summed E-state index contributed by atoms with van der Waals surface area (Å²) < 4.78 is 37.6. The van der Waals surface area contributed by atoms with Crippen molar-refractivity contribution in [3.63, 3.8) is 0 Å². The molecule has 1 N–H and O–H groups in total. The first-order valence-electron chi connectivity index (χ1n) is 10.4. The van der Waals surface area contributed by atoms with Gasteiger partial charge in [0.15, 0.2) is 9.84 Å². The molecule has 0 unspecified atom stereocenters. The maximum Gasteiger partial charge on any atom is 0.245 e. The van der Waals surface area contributed by atoms with Crippen LogP contribution in [0.4, 0.5) is 15.9 Å². The maximum atomic E-state index is 14.4. The number of halogens is 1. The van der Waals surface area contributed by atoms with Crippen molar-refractivity contribution in [2.45, 2.75) is 36.2 Å². The number of carbonyl (C=O) groups is 1. The van der Waals surface area contributed by atoms with Gasteiger partial charge in [-0.05, 0) is 49.6 Å². The van der Waals surface area contributed by atoms with Crippen LogP contribution in [0.3, 0.4) is 0 Å². The number of aromatic nitrogens is 1. The molecule has 0 bridgehead atoms. The number of hydrogen-bond donors (Lipinski definition) is 1. The minimum atomic E-state index is -3.50. The quantitative estimate of drug-likeness (QED) is 0.733. The molecule has 1 atom stereocenters. The summed E-state index contributed by atoms with van der Waals surface area (Å²) in [5.41, 5.74) is 0.645. The van der Waals surface area contributed by atoms with Gasteiger partial charge < -0.3 is 15.1 Å². The fourth-order valence-corrected chi connectivity index (χ4v) is 4.91. The number of carbonyl (C=O) groups excluding carboxylic acids is 1. The second-order valence-corrected chi connectivity index (χ2v) is 10.2. The van der Waals surface area contributed by atoms with Crippen LogP contribution < -0.4 is 10.2 Å². The largest absolute Gasteiger partial charge is 0.371 e. The van der Waals surface area contributed by atoms with Crippen LogP contribution in [0.1, 0.15) is 24.8 Å². The van der Waals surface area contributed by atoms with Crippen molar-refractivity contribution in [2.24, 2.45) is 0 Å². The third-order valence-electron chi connectivity index (χ3n) is 6.04. The van der Waals surface area contributed by atoms with E-state index in [4.69, 9.17) is 5.26 Å². The lowest BCUT2D eigenvalue weighted by atomic mass is 10.0. The zero-order valence-corrected chi connectivity index (χ0v) is 18.5. The van der Waals surface area contributed by atoms with Gasteiger partial charge in [0.25, 0.3) is 0 Å². The van der Waals surface area contributed by atoms with Gasteiger partial charge in [0.2, 0.25) is 5.91 Å². The Bertz CT molecular complexity index is 1160. The summed E-state index contributed by atoms with van der Waals surface area (Å²) >= 11 is 0. The van der Waals surface area contributed by atoms with Crippen LogP contribution >= 0.6 is 0 Å². The van der Waals surface area contributed by atoms with Crippen LogP contribution in [-0.2, 0) is 14.6 Å². The number of pyridine rings is 1. The summed E-state index contributed by atoms with van der Waals surface area (Å²) in [6.07, 6.45) is 4.75. The zero-order valence-electron chi connectivity index (χ0n) is 17.7. The smallest absolute Gasteiger partial charge is 0.245 e. The van der Waals surface area contributed by atoms with Gasteiger partial charge >= 0.3 is 0 Å². The van der Waals surface area contributed by atoms with E-state index in [0.717, 1.165) is 44.1 Å². The van der Waals surface area contributed by atoms with E-state index < -0.39 is 21.7 Å². The van der Waals surface area contributed by atoms with Crippen molar-refractivity contribution in [3.05, 3.63) is 47.9 Å². The van der Waals surface area contributed by atoms with Crippen molar-refractivity contribution in [2.75, 3.05) is 36.1 Å². The first kappa shape index (κ1) is 22.0. The third kappa shape index (κ3) is 4.53. The molecule has 0 radical (unpaired) electrons. The lowest BCUT2D eigenvalue weighted by molar-refractivity contribution is -0.130. The molecule has 168 valence electrons. The molecule has 3 heterocycles. The number of rotatable bonds is 5. The molecule has 2 aliphatic heterocycles. The van der Waals surface area contributed by atoms with Gasteiger partial charge in [-0.2, -0.15) is 5.26 Å². The minimum Gasteiger partial charge on any atom is -0.371 e. The molecule has 4 rings (SSSR count). The van der Waals surface area contributed by atoms with Crippen molar-refractivity contribution in [3.8, 4) is 6.07 Å². The van der Waals surface area contributed by atoms with E-state index in [9.17, 15) is 17.6 Å². The predicted molar refractivity (Wildman–Crippen MR) is 117 cm³/mol. The normalized spacial score (nSPS) is 19.8. The Kier molecular flexibility index (Phi) is 6.02. The van der Waals surface area contributed by atoms with E-state index in [-0.39, 0.29) is 22.5 Å². The second kappa shape index (κ2) is 8.74. The summed E-state index contributed by atoms with van der Waals surface area (Å²) in [6.45, 7) is 2.11. The highest BCUT2D eigenvalue weighted by atomic mass is 32.2. The zero-order chi connectivity index (χ0) is 22.9. The van der Waals surface area contributed by atoms with Gasteiger partial charge in [-0.3, -0.25) is 4.79 Å². The molecule has 32 heavy (non-hydrogen) atoms. The summed E-state index contributed by atoms with van der Waals surface area (Å²) in [5.74, 6) is 0.0664. The highest BCUT2D eigenvalue weighted by molar-refractivity contribution is 7.90. The number of hydrogen-bond acceptors (Lipinski definition) is 7. The molecule has 0 saturated carbocycles. The number of nitrogens with zero attached hydrogens (tertiary/aromatic N) is 4. The Morgan fingerprint density at radius 3 is 2.50 bits per heavy atom. The summed E-state index contributed by atoms with van der Waals surface area (Å²) in [6, 6.07) is 8.90. The summed E-state index contributed by atoms with van der Waals surface area (Å²) in [7, 11) is -3.50. The molecular formula is C22H24FN5O3S. The fraction of sp³-hybridized carbons (Fsp3) is 0.409. The van der Waals surface area contributed by atoms with Gasteiger partial charge in [0.1, 0.15) is 23.7 Å². The van der Waals surface area contributed by atoms with Gasteiger partial charge in [-0.25, -0.2) is 17.8 Å². The number of benzene rings is 1. The van der Waals surface area contributed by atoms with Crippen molar-refractivity contribution in [1.29, 1.82) is 5.26 Å². The topological polar surface area (TPSA) is 106 Å². The molecule has 1 amide bonds. The van der Waals surface area contributed by atoms with E-state index >= 15 is 0 Å². The van der Waals surface area contributed by atoms with Gasteiger partial charge in [0, 0.05) is 38.1 Å². The Balaban J connectivity index is 1.35. The Hall–Kier alpha value is -3.19. The molecule has 2 fully saturated rings. The molecule has 8 nitrogen and oxygen atoms in total. The van der Waals surface area contributed by atoms with Gasteiger partial charge in [-0.15, -0.1) is 0 Å². The first-order valence-corrected chi connectivity index (χ1v) is 12.3. The van der Waals surface area contributed by atoms with Crippen LogP contribution in [-0.4, -0.2) is 62.2 Å². The number of piperidine rings is 1. The third-order valence-corrected chi connectivity index (χ3v) is 7.15. The average molecular weight is 458 g/mol. The molecule has 10 heteroatoms. The number of likely N-dealkylation sites (tertiary alicyclic amines) is 1. The number of anilines is 2. The number of sulfone groups is 1. The highest BCUT2D eigenvalue weighted by Crippen LogP contribution is 2.27. The standard InChI is InChI=1S/C22H24FN5O3S/c1-32(30,31)17-3-4-19(18(23)12-17)26-20-8-11-28(22(20)29)16-6-9-27(10-7-16)21-5-2-15(13-24)14-25-21/h2-5,12,14,16,20,26H,6-11H2,1H3/t20-/m0/s1. The molecule has 2 saturated heterocycles. The molecule has 1 aromatic carbocycles. The lowest BCUT2D eigenvalue weighted by Gasteiger charge is -2.37. The SMILES string of the molecule is CS(=O)(=O)c1ccc(N[C@H]2CCN(C3CCN(c4ccc(C#N)cn4)CC3)C2=O)c(F)c1. The lowest BCUT2D eigenvalue weighted by Crippen LogP contribution is -2.47. The Labute approximate surface area is 186 Å². The maximum absolute atomic E-state index is 14.4. The Morgan fingerprint density at radius 2 is 1.91 bits per heavy atom. The number of nitriles is 1. The first-order chi connectivity index (χ1) is 15.3. The molecule has 0 spiro atoms. The molecule has 2 aromatic rings. The van der Waals surface area contributed by atoms with E-state index in [1.54, 1.807) is 12.3 Å². The van der Waals surface area contributed by atoms with Crippen molar-refractivity contribution in [1.82, 2.24) is 9.88 Å². The summed E-state index contributed by atoms with van der Waals surface area (Å²) in [4.78, 5) is 21.2. The monoisotopic (exact) mass is 457 g/mol. The second-order valence-electron chi connectivity index (χ2n) is 8.17. The highest BCUT2D eigenvalue weighted by Gasteiger charge is 2.37. The average Bonchev–Trinajstić information content (AvgIpc) is 3.14. The number of nitrogens with one attached hydrogen (secondary N) is 1. The van der Waals surface area contributed by atoms with E-state index in [1.165, 1.54) is 12.1 Å². The van der Waals surface area contributed by atoms with Gasteiger partial charge in [0.05, 0.1) is 16.1 Å². The van der Waals surface area contributed by atoms with Crippen LogP contribution in [0.15, 0.2) is 41.4 Å². The van der Waals surface area contributed by atoms with Crippen LogP contribution in [0.2, 0.25) is 0 Å². The van der Waals surface area contributed by atoms with Crippen LogP contribution in [0, 0.1) is 17.1 Å². The minimum absolute atomic E-state index is 0.0634. The number of amides is 1. The van der Waals surface area contributed by atoms with E-state index in [1.807, 2.05) is 11.0 Å². The Morgan fingerprint density at radius 1 is 1.16 bits per heavy atom.